The van der Waals surface area contributed by atoms with Gasteiger partial charge in [-0.3, -0.25) is 14.4 Å². The minimum atomic E-state index is -0.698. The third kappa shape index (κ3) is 3.86. The number of nitrogens with one attached hydrogen (secondary N) is 1. The molecule has 1 aliphatic rings. The number of nitrogens with zero attached hydrogens (tertiary/aromatic N) is 2. The van der Waals surface area contributed by atoms with Gasteiger partial charge in [-0.15, -0.1) is 0 Å². The van der Waals surface area contributed by atoms with Gasteiger partial charge >= 0.3 is 5.69 Å². The van der Waals surface area contributed by atoms with Crippen LogP contribution >= 0.6 is 23.2 Å². The Labute approximate surface area is 199 Å². The number of carbonyl (C=O) groups is 1. The highest BCUT2D eigenvalue weighted by Crippen LogP contribution is 2.33. The fourth-order valence-electron chi connectivity index (χ4n) is 4.24. The van der Waals surface area contributed by atoms with Crippen LogP contribution in [-0.4, -0.2) is 32.2 Å². The molecule has 1 aromatic heterocycles. The highest BCUT2D eigenvalue weighted by atomic mass is 35.5. The Bertz CT molecular complexity index is 1520. The van der Waals surface area contributed by atoms with Gasteiger partial charge in [0.2, 0.25) is 0 Å². The second-order valence-electron chi connectivity index (χ2n) is 8.10. The van der Waals surface area contributed by atoms with E-state index in [0.29, 0.717) is 49.9 Å². The topological polar surface area (TPSA) is 87.5 Å². The van der Waals surface area contributed by atoms with Crippen LogP contribution in [0.1, 0.15) is 22.3 Å². The number of imidazole rings is 1. The molecule has 0 radical (unpaired) electrons. The normalized spacial score (nSPS) is 15.9. The van der Waals surface area contributed by atoms with E-state index in [-0.39, 0.29) is 23.6 Å². The fourth-order valence-corrected chi connectivity index (χ4v) is 4.67. The first-order valence-electron chi connectivity index (χ1n) is 10.4. The lowest BCUT2D eigenvalue weighted by atomic mass is 9.94. The molecule has 1 aliphatic heterocycles. The maximum Gasteiger partial charge on any atom is 0.326 e. The van der Waals surface area contributed by atoms with Crippen molar-refractivity contribution in [1.29, 1.82) is 0 Å². The summed E-state index contributed by atoms with van der Waals surface area (Å²) in [5.41, 5.74) is 4.29. The number of aromatic hydroxyl groups is 1. The number of aromatic amines is 1. The largest absolute Gasteiger partial charge is 0.508 e. The zero-order valence-corrected chi connectivity index (χ0v) is 19.1. The van der Waals surface area contributed by atoms with Gasteiger partial charge < -0.3 is 10.1 Å². The number of phenols is 1. The lowest BCUT2D eigenvalue weighted by molar-refractivity contribution is -0.119. The second-order valence-corrected chi connectivity index (χ2v) is 8.95. The van der Waals surface area contributed by atoms with Crippen molar-refractivity contribution in [1.82, 2.24) is 9.55 Å². The molecule has 6 nitrogen and oxygen atoms in total. The Morgan fingerprint density at radius 2 is 1.91 bits per heavy atom. The van der Waals surface area contributed by atoms with Crippen LogP contribution < -0.4 is 5.69 Å². The van der Waals surface area contributed by atoms with E-state index in [0.717, 1.165) is 5.56 Å². The Morgan fingerprint density at radius 3 is 2.70 bits per heavy atom. The number of hydrogen-bond donors (Lipinski definition) is 2. The van der Waals surface area contributed by atoms with Gasteiger partial charge in [-0.1, -0.05) is 47.5 Å². The molecular formula is C25H19Cl2N3O3. The number of hydrogen-bond acceptors (Lipinski definition) is 4. The fraction of sp³-hybridized carbons (Fsp3) is 0.160. The highest BCUT2D eigenvalue weighted by Gasteiger charge is 2.29. The van der Waals surface area contributed by atoms with E-state index in [1.807, 2.05) is 30.3 Å². The molecule has 2 N–H and O–H groups in total. The summed E-state index contributed by atoms with van der Waals surface area (Å²) >= 11 is 12.6. The minimum Gasteiger partial charge on any atom is -0.508 e. The number of carbonyl (C=O) groups excluding carboxylic acids is 1. The molecule has 0 fully saturated rings. The van der Waals surface area contributed by atoms with Gasteiger partial charge in [0.25, 0.3) is 0 Å². The zero-order valence-electron chi connectivity index (χ0n) is 17.6. The summed E-state index contributed by atoms with van der Waals surface area (Å²) in [5, 5.41) is 11.5. The Hall–Kier alpha value is -3.35. The first kappa shape index (κ1) is 21.5. The number of aryl methyl sites for hydroxylation is 1. The van der Waals surface area contributed by atoms with Crippen LogP contribution in [0.5, 0.6) is 5.75 Å². The van der Waals surface area contributed by atoms with E-state index in [1.54, 1.807) is 25.2 Å². The molecule has 2 heterocycles. The van der Waals surface area contributed by atoms with Crippen molar-refractivity contribution in [2.24, 2.45) is 12.0 Å². The number of Topliss-reactive ketones (excluding diaryl/α,β-unsaturated/α-hetero) is 1. The SMILES string of the molecule is Cn1c(=O)[nH]c2ccc(C3=NC(Cc4ccccc4Cl)C(=O)Cc4c(O)cc(Cl)cc43)cc21. The van der Waals surface area contributed by atoms with Crippen molar-refractivity contribution in [3.05, 3.63) is 97.4 Å². The third-order valence-corrected chi connectivity index (χ3v) is 6.59. The van der Waals surface area contributed by atoms with Gasteiger partial charge in [0, 0.05) is 46.6 Å². The number of aromatic nitrogens is 2. The smallest absolute Gasteiger partial charge is 0.326 e. The molecule has 1 unspecified atom stereocenters. The van der Waals surface area contributed by atoms with Crippen molar-refractivity contribution in [3.63, 3.8) is 0 Å². The Morgan fingerprint density at radius 1 is 1.12 bits per heavy atom. The van der Waals surface area contributed by atoms with Crippen molar-refractivity contribution in [2.45, 2.75) is 18.9 Å². The minimum absolute atomic E-state index is 0.0192. The van der Waals surface area contributed by atoms with E-state index in [4.69, 9.17) is 28.2 Å². The summed E-state index contributed by atoms with van der Waals surface area (Å²) in [6.07, 6.45) is 0.348. The molecule has 0 amide bonds. The molecule has 3 aromatic carbocycles. The van der Waals surface area contributed by atoms with Gasteiger partial charge in [-0.05, 0) is 35.9 Å². The summed E-state index contributed by atoms with van der Waals surface area (Å²) in [4.78, 5) is 33.0. The van der Waals surface area contributed by atoms with Crippen LogP contribution in [0.4, 0.5) is 0 Å². The maximum atomic E-state index is 13.2. The van der Waals surface area contributed by atoms with E-state index in [2.05, 4.69) is 4.98 Å². The van der Waals surface area contributed by atoms with Gasteiger partial charge in [-0.25, -0.2) is 4.79 Å². The van der Waals surface area contributed by atoms with E-state index >= 15 is 0 Å². The van der Waals surface area contributed by atoms with Crippen LogP contribution in [0, 0.1) is 0 Å². The molecule has 0 aliphatic carbocycles. The van der Waals surface area contributed by atoms with E-state index in [9.17, 15) is 14.7 Å². The summed E-state index contributed by atoms with van der Waals surface area (Å²) in [6.45, 7) is 0. The number of fused-ring (bicyclic) bond motifs is 2. The van der Waals surface area contributed by atoms with Crippen LogP contribution in [0.15, 0.2) is 64.4 Å². The number of benzene rings is 3. The quantitative estimate of drug-likeness (QED) is 0.454. The lowest BCUT2D eigenvalue weighted by Crippen LogP contribution is -2.23. The summed E-state index contributed by atoms with van der Waals surface area (Å²) in [6, 6.07) is 15.3. The van der Waals surface area contributed by atoms with E-state index < -0.39 is 6.04 Å². The van der Waals surface area contributed by atoms with Crippen LogP contribution in [0.2, 0.25) is 10.0 Å². The van der Waals surface area contributed by atoms with Crippen molar-refractivity contribution in [3.8, 4) is 5.75 Å². The third-order valence-electron chi connectivity index (χ3n) is 6.00. The first-order chi connectivity index (χ1) is 15.8. The molecule has 166 valence electrons. The van der Waals surface area contributed by atoms with Gasteiger partial charge in [0.1, 0.15) is 11.8 Å². The molecule has 8 heteroatoms. The average molecular weight is 480 g/mol. The highest BCUT2D eigenvalue weighted by molar-refractivity contribution is 6.32. The average Bonchev–Trinajstić information content (AvgIpc) is 2.98. The number of halogens is 2. The first-order valence-corrected chi connectivity index (χ1v) is 11.1. The predicted molar refractivity (Wildman–Crippen MR) is 130 cm³/mol. The van der Waals surface area contributed by atoms with E-state index in [1.165, 1.54) is 10.6 Å². The monoisotopic (exact) mass is 479 g/mol. The standard InChI is InChI=1S/C25H19Cl2N3O3/c1-30-21-9-14(6-7-19(21)29-25(30)33)24-17-10-15(26)11-22(31)16(17)12-23(32)20(28-24)8-13-4-2-3-5-18(13)27/h2-7,9-11,20,31H,8,12H2,1H3,(H,29,33). The Kier molecular flexibility index (Phi) is 5.35. The number of H-pyrrole nitrogens is 1. The molecule has 33 heavy (non-hydrogen) atoms. The molecule has 0 bridgehead atoms. The molecule has 0 saturated heterocycles. The molecule has 4 aromatic rings. The number of aliphatic imine (C=N–C) groups is 1. The number of rotatable bonds is 3. The summed E-state index contributed by atoms with van der Waals surface area (Å²) in [5.74, 6) is -0.175. The van der Waals surface area contributed by atoms with Crippen molar-refractivity contribution >= 4 is 45.7 Å². The van der Waals surface area contributed by atoms with Gasteiger partial charge in [0.15, 0.2) is 5.78 Å². The predicted octanol–water partition coefficient (Wildman–Crippen LogP) is 4.45. The lowest BCUT2D eigenvalue weighted by Gasteiger charge is -2.13. The van der Waals surface area contributed by atoms with Crippen molar-refractivity contribution < 1.29 is 9.90 Å². The van der Waals surface area contributed by atoms with Gasteiger partial charge in [-0.2, -0.15) is 0 Å². The van der Waals surface area contributed by atoms with Gasteiger partial charge in [0.05, 0.1) is 16.7 Å². The van der Waals surface area contributed by atoms with Crippen LogP contribution in [-0.2, 0) is 24.7 Å². The van der Waals surface area contributed by atoms with Crippen molar-refractivity contribution in [2.75, 3.05) is 0 Å². The number of ketones is 1. The second kappa shape index (κ2) is 8.21. The maximum absolute atomic E-state index is 13.2. The van der Waals surface area contributed by atoms with Crippen LogP contribution in [0.25, 0.3) is 11.0 Å². The molecular weight excluding hydrogens is 461 g/mol. The Balaban J connectivity index is 1.72. The molecule has 1 atom stereocenters. The summed E-state index contributed by atoms with van der Waals surface area (Å²) in [7, 11) is 1.68. The number of phenolic OH excluding ortho intramolecular Hbond substituents is 1. The van der Waals surface area contributed by atoms with Crippen LogP contribution in [0.3, 0.4) is 0 Å². The zero-order chi connectivity index (χ0) is 23.3. The molecule has 5 rings (SSSR count). The molecule has 0 spiro atoms. The summed E-state index contributed by atoms with van der Waals surface area (Å²) < 4.78 is 1.51. The molecule has 0 saturated carbocycles.